The maximum atomic E-state index is 11.9. The first kappa shape index (κ1) is 31.6. The molecule has 1 N–H and O–H groups in total. The molecule has 0 aliphatic rings. The minimum Gasteiger partial charge on any atom is -0.393 e. The van der Waals surface area contributed by atoms with E-state index in [1.54, 1.807) is 0 Å². The number of carbonyl (C=O) groups is 1. The number of aliphatic hydroxyl groups is 1. The molecule has 0 fully saturated rings. The van der Waals surface area contributed by atoms with Crippen LogP contribution in [0.1, 0.15) is 181 Å². The van der Waals surface area contributed by atoms with Crippen LogP contribution in [0.4, 0.5) is 0 Å². The number of hydrogen-bond donors (Lipinski definition) is 1. The first-order valence-electron chi connectivity index (χ1n) is 14.9. The number of hydrogen-bond acceptors (Lipinski definition) is 2. The molecule has 0 aromatic heterocycles. The van der Waals surface area contributed by atoms with Crippen LogP contribution in [0.2, 0.25) is 0 Å². The summed E-state index contributed by atoms with van der Waals surface area (Å²) in [6, 6.07) is 0. The molecule has 0 amide bonds. The Bertz CT molecular complexity index is 366. The van der Waals surface area contributed by atoms with E-state index in [-0.39, 0.29) is 6.10 Å². The maximum Gasteiger partial charge on any atom is 0.132 e. The van der Waals surface area contributed by atoms with Crippen LogP contribution >= 0.6 is 0 Å². The number of ketones is 1. The fourth-order valence-electron chi connectivity index (χ4n) is 4.64. The van der Waals surface area contributed by atoms with Crippen LogP contribution in [0.3, 0.4) is 0 Å². The Morgan fingerprint density at radius 3 is 1.19 bits per heavy atom. The van der Waals surface area contributed by atoms with E-state index in [4.69, 9.17) is 0 Å². The predicted octanol–water partition coefficient (Wildman–Crippen LogP) is 10.1. The third kappa shape index (κ3) is 25.9. The molecule has 0 spiro atoms. The molecule has 0 aliphatic heterocycles. The molecule has 0 rings (SSSR count). The van der Waals surface area contributed by atoms with Gasteiger partial charge in [0, 0.05) is 12.8 Å². The molecule has 2 nitrogen and oxygen atoms in total. The van der Waals surface area contributed by atoms with E-state index in [0.717, 1.165) is 44.9 Å². The highest BCUT2D eigenvalue weighted by Gasteiger charge is 2.06. The average molecular weight is 453 g/mol. The Labute approximate surface area is 202 Å². The largest absolute Gasteiger partial charge is 0.393 e. The van der Waals surface area contributed by atoms with Gasteiger partial charge < -0.3 is 5.11 Å². The van der Waals surface area contributed by atoms with Gasteiger partial charge >= 0.3 is 0 Å². The molecule has 0 radical (unpaired) electrons. The summed E-state index contributed by atoms with van der Waals surface area (Å²) in [5.74, 6) is 0.402. The first-order valence-corrected chi connectivity index (χ1v) is 14.9. The van der Waals surface area contributed by atoms with Gasteiger partial charge in [0.1, 0.15) is 5.78 Å². The lowest BCUT2D eigenvalue weighted by Gasteiger charge is -2.09. The van der Waals surface area contributed by atoms with Gasteiger partial charge in [-0.25, -0.2) is 0 Å². The maximum absolute atomic E-state index is 11.9. The summed E-state index contributed by atoms with van der Waals surface area (Å²) < 4.78 is 0. The molecule has 1 unspecified atom stereocenters. The van der Waals surface area contributed by atoms with Crippen molar-refractivity contribution in [1.29, 1.82) is 0 Å². The number of rotatable bonds is 27. The van der Waals surface area contributed by atoms with Crippen molar-refractivity contribution in [1.82, 2.24) is 0 Å². The van der Waals surface area contributed by atoms with E-state index in [2.05, 4.69) is 13.8 Å². The zero-order chi connectivity index (χ0) is 23.5. The van der Waals surface area contributed by atoms with Crippen molar-refractivity contribution in [3.8, 4) is 0 Å². The van der Waals surface area contributed by atoms with E-state index >= 15 is 0 Å². The fourth-order valence-corrected chi connectivity index (χ4v) is 4.64. The summed E-state index contributed by atoms with van der Waals surface area (Å²) in [5, 5.41) is 9.83. The molecule has 0 bridgehead atoms. The Balaban J connectivity index is 3.16. The quantitative estimate of drug-likeness (QED) is 0.126. The smallest absolute Gasteiger partial charge is 0.132 e. The van der Waals surface area contributed by atoms with Crippen LogP contribution in [0.5, 0.6) is 0 Å². The summed E-state index contributed by atoms with van der Waals surface area (Å²) in [6.07, 6.45) is 32.4. The van der Waals surface area contributed by atoms with E-state index in [1.807, 2.05) is 0 Å². The monoisotopic (exact) mass is 452 g/mol. The molecule has 0 aliphatic carbocycles. The molecular formula is C30H60O2. The van der Waals surface area contributed by atoms with Gasteiger partial charge in [-0.15, -0.1) is 0 Å². The van der Waals surface area contributed by atoms with Crippen molar-refractivity contribution in [2.75, 3.05) is 0 Å². The Morgan fingerprint density at radius 2 is 0.781 bits per heavy atom. The molecule has 0 saturated carbocycles. The SMILES string of the molecule is CCCCCCCCCCCCCCCCCCCCCC(=O)CCCC(O)CCCC. The van der Waals surface area contributed by atoms with E-state index in [9.17, 15) is 9.90 Å². The van der Waals surface area contributed by atoms with Crippen LogP contribution in [0.25, 0.3) is 0 Å². The number of carbonyl (C=O) groups excluding carboxylic acids is 1. The molecule has 0 aromatic carbocycles. The lowest BCUT2D eigenvalue weighted by atomic mass is 10.0. The summed E-state index contributed by atoms with van der Waals surface area (Å²) in [4.78, 5) is 11.9. The molecule has 32 heavy (non-hydrogen) atoms. The lowest BCUT2D eigenvalue weighted by Crippen LogP contribution is -2.07. The molecule has 2 heteroatoms. The Hall–Kier alpha value is -0.370. The van der Waals surface area contributed by atoms with Crippen molar-refractivity contribution >= 4 is 5.78 Å². The van der Waals surface area contributed by atoms with Gasteiger partial charge in [-0.1, -0.05) is 142 Å². The normalized spacial score (nSPS) is 12.3. The van der Waals surface area contributed by atoms with Gasteiger partial charge in [-0.3, -0.25) is 4.79 Å². The average Bonchev–Trinajstić information content (AvgIpc) is 2.79. The van der Waals surface area contributed by atoms with Gasteiger partial charge in [0.2, 0.25) is 0 Å². The van der Waals surface area contributed by atoms with Crippen LogP contribution in [-0.2, 0) is 4.79 Å². The van der Waals surface area contributed by atoms with Crippen molar-refractivity contribution in [2.24, 2.45) is 0 Å². The van der Waals surface area contributed by atoms with E-state index in [1.165, 1.54) is 116 Å². The summed E-state index contributed by atoms with van der Waals surface area (Å²) >= 11 is 0. The molecule has 0 heterocycles. The van der Waals surface area contributed by atoms with E-state index in [0.29, 0.717) is 12.2 Å². The predicted molar refractivity (Wildman–Crippen MR) is 142 cm³/mol. The Morgan fingerprint density at radius 1 is 0.469 bits per heavy atom. The minimum atomic E-state index is -0.197. The fraction of sp³-hybridized carbons (Fsp3) is 0.967. The highest BCUT2D eigenvalue weighted by atomic mass is 16.3. The lowest BCUT2D eigenvalue weighted by molar-refractivity contribution is -0.119. The highest BCUT2D eigenvalue weighted by molar-refractivity contribution is 5.78. The molecule has 0 saturated heterocycles. The zero-order valence-corrected chi connectivity index (χ0v) is 22.3. The third-order valence-corrected chi connectivity index (χ3v) is 6.94. The summed E-state index contributed by atoms with van der Waals surface area (Å²) in [7, 11) is 0. The highest BCUT2D eigenvalue weighted by Crippen LogP contribution is 2.15. The van der Waals surface area contributed by atoms with Crippen LogP contribution < -0.4 is 0 Å². The molecule has 192 valence electrons. The molecule has 0 aromatic rings. The van der Waals surface area contributed by atoms with Crippen molar-refractivity contribution in [2.45, 2.75) is 187 Å². The van der Waals surface area contributed by atoms with Crippen LogP contribution in [0, 0.1) is 0 Å². The van der Waals surface area contributed by atoms with Crippen LogP contribution in [-0.4, -0.2) is 17.0 Å². The van der Waals surface area contributed by atoms with Crippen molar-refractivity contribution in [3.63, 3.8) is 0 Å². The van der Waals surface area contributed by atoms with Gasteiger partial charge in [-0.2, -0.15) is 0 Å². The van der Waals surface area contributed by atoms with E-state index < -0.39 is 0 Å². The second-order valence-electron chi connectivity index (χ2n) is 10.3. The topological polar surface area (TPSA) is 37.3 Å². The zero-order valence-electron chi connectivity index (χ0n) is 22.3. The van der Waals surface area contributed by atoms with Crippen molar-refractivity contribution < 1.29 is 9.90 Å². The summed E-state index contributed by atoms with van der Waals surface area (Å²) in [5.41, 5.74) is 0. The van der Waals surface area contributed by atoms with Gasteiger partial charge in [0.05, 0.1) is 6.10 Å². The standard InChI is InChI=1S/C30H60O2/c1-3-5-7-8-9-10-11-12-13-14-15-16-17-18-19-20-21-22-23-26-30(32)28-24-27-29(31)25-6-4-2/h29,31H,3-28H2,1-2H3. The molecular weight excluding hydrogens is 392 g/mol. The minimum absolute atomic E-state index is 0.197. The van der Waals surface area contributed by atoms with Gasteiger partial charge in [0.25, 0.3) is 0 Å². The Kier molecular flexibility index (Phi) is 26.6. The first-order chi connectivity index (χ1) is 15.7. The molecule has 1 atom stereocenters. The second-order valence-corrected chi connectivity index (χ2v) is 10.3. The van der Waals surface area contributed by atoms with Gasteiger partial charge in [0.15, 0.2) is 0 Å². The van der Waals surface area contributed by atoms with Crippen LogP contribution in [0.15, 0.2) is 0 Å². The number of unbranched alkanes of at least 4 members (excludes halogenated alkanes) is 19. The van der Waals surface area contributed by atoms with Crippen molar-refractivity contribution in [3.05, 3.63) is 0 Å². The third-order valence-electron chi connectivity index (χ3n) is 6.94. The summed E-state index contributed by atoms with van der Waals surface area (Å²) in [6.45, 7) is 4.44. The second kappa shape index (κ2) is 26.9. The van der Waals surface area contributed by atoms with Gasteiger partial charge in [-0.05, 0) is 25.7 Å². The number of aliphatic hydroxyl groups excluding tert-OH is 1. The number of Topliss-reactive ketones (excluding diaryl/α,β-unsaturated/α-hetero) is 1.